The third-order valence-corrected chi connectivity index (χ3v) is 4.10. The molecule has 2 aromatic carbocycles. The van der Waals surface area contributed by atoms with Gasteiger partial charge >= 0.3 is 0 Å². The molecular formula is C18H19N3O3. The number of imide groups is 1. The highest BCUT2D eigenvalue weighted by Gasteiger charge is 2.32. The fourth-order valence-corrected chi connectivity index (χ4v) is 2.93. The van der Waals surface area contributed by atoms with Gasteiger partial charge in [-0.2, -0.15) is 0 Å². The average molecular weight is 325 g/mol. The zero-order valence-corrected chi connectivity index (χ0v) is 13.7. The Morgan fingerprint density at radius 2 is 1.79 bits per heavy atom. The number of carbonyl (C=O) groups excluding carboxylic acids is 3. The number of amides is 3. The molecule has 6 nitrogen and oxygen atoms in total. The second-order valence-corrected chi connectivity index (χ2v) is 5.81. The maximum Gasteiger partial charge on any atom is 0.261 e. The number of hydrazine groups is 1. The van der Waals surface area contributed by atoms with Crippen LogP contribution in [-0.4, -0.2) is 29.2 Å². The van der Waals surface area contributed by atoms with Gasteiger partial charge in [0.2, 0.25) is 5.91 Å². The van der Waals surface area contributed by atoms with E-state index in [4.69, 9.17) is 0 Å². The minimum absolute atomic E-state index is 0.228. The lowest BCUT2D eigenvalue weighted by Gasteiger charge is -2.27. The van der Waals surface area contributed by atoms with Gasteiger partial charge in [-0.15, -0.1) is 0 Å². The molecule has 0 saturated carbocycles. The molecule has 6 heteroatoms. The first-order valence-corrected chi connectivity index (χ1v) is 7.99. The summed E-state index contributed by atoms with van der Waals surface area (Å²) in [6.45, 7) is 3.85. The smallest absolute Gasteiger partial charge is 0.261 e. The highest BCUT2D eigenvalue weighted by Crippen LogP contribution is 2.34. The van der Waals surface area contributed by atoms with Gasteiger partial charge in [-0.25, -0.2) is 0 Å². The van der Waals surface area contributed by atoms with Crippen molar-refractivity contribution in [2.45, 2.75) is 26.7 Å². The Bertz CT molecular complexity index is 823. The summed E-state index contributed by atoms with van der Waals surface area (Å²) in [7, 11) is 0. The molecule has 2 aromatic rings. The van der Waals surface area contributed by atoms with E-state index >= 15 is 0 Å². The first-order valence-electron chi connectivity index (χ1n) is 7.99. The summed E-state index contributed by atoms with van der Waals surface area (Å²) in [5, 5.41) is 1.37. The molecular weight excluding hydrogens is 306 g/mol. The van der Waals surface area contributed by atoms with Crippen LogP contribution in [0.25, 0.3) is 10.8 Å². The van der Waals surface area contributed by atoms with Gasteiger partial charge in [0, 0.05) is 35.4 Å². The number of benzene rings is 2. The number of nitrogens with one attached hydrogen (secondary N) is 2. The standard InChI is InChI=1S/C18H19N3O3/c1-3-4-10-21-17(23)13-7-5-6-12-15(20-19-11(2)22)9-8-14(16(12)13)18(21)24/h5-9,20H,3-4,10H2,1-2H3,(H,19,22). The van der Waals surface area contributed by atoms with Gasteiger partial charge in [0.1, 0.15) is 0 Å². The van der Waals surface area contributed by atoms with Gasteiger partial charge in [0.15, 0.2) is 0 Å². The first-order chi connectivity index (χ1) is 11.5. The van der Waals surface area contributed by atoms with E-state index in [9.17, 15) is 14.4 Å². The van der Waals surface area contributed by atoms with Crippen LogP contribution in [0, 0.1) is 0 Å². The summed E-state index contributed by atoms with van der Waals surface area (Å²) >= 11 is 0. The lowest BCUT2D eigenvalue weighted by molar-refractivity contribution is -0.118. The van der Waals surface area contributed by atoms with Crippen molar-refractivity contribution < 1.29 is 14.4 Å². The zero-order chi connectivity index (χ0) is 17.3. The molecule has 124 valence electrons. The van der Waals surface area contributed by atoms with Gasteiger partial charge in [-0.3, -0.25) is 30.1 Å². The minimum Gasteiger partial charge on any atom is -0.298 e. The van der Waals surface area contributed by atoms with Crippen LogP contribution >= 0.6 is 0 Å². The largest absolute Gasteiger partial charge is 0.298 e. The van der Waals surface area contributed by atoms with E-state index in [1.807, 2.05) is 13.0 Å². The molecule has 0 saturated heterocycles. The number of hydrogen-bond donors (Lipinski definition) is 2. The number of carbonyl (C=O) groups is 3. The summed E-state index contributed by atoms with van der Waals surface area (Å²) in [5.74, 6) is -0.750. The average Bonchev–Trinajstić information content (AvgIpc) is 2.57. The number of unbranched alkanes of at least 4 members (excludes halogenated alkanes) is 1. The summed E-state index contributed by atoms with van der Waals surface area (Å²) in [5.41, 5.74) is 7.03. The van der Waals surface area contributed by atoms with Gasteiger partial charge < -0.3 is 0 Å². The Hall–Kier alpha value is -2.89. The third kappa shape index (κ3) is 2.60. The van der Waals surface area contributed by atoms with E-state index in [1.54, 1.807) is 24.3 Å². The maximum absolute atomic E-state index is 12.7. The van der Waals surface area contributed by atoms with Crippen molar-refractivity contribution in [3.05, 3.63) is 41.5 Å². The normalized spacial score (nSPS) is 13.3. The van der Waals surface area contributed by atoms with Crippen molar-refractivity contribution in [2.24, 2.45) is 0 Å². The Labute approximate surface area is 139 Å². The van der Waals surface area contributed by atoms with Crippen molar-refractivity contribution in [1.82, 2.24) is 10.3 Å². The molecule has 0 radical (unpaired) electrons. The molecule has 1 heterocycles. The van der Waals surface area contributed by atoms with E-state index in [2.05, 4.69) is 10.9 Å². The molecule has 0 fully saturated rings. The number of rotatable bonds is 5. The van der Waals surface area contributed by atoms with Crippen LogP contribution < -0.4 is 10.9 Å². The van der Waals surface area contributed by atoms with Gasteiger partial charge in [-0.1, -0.05) is 25.5 Å². The zero-order valence-electron chi connectivity index (χ0n) is 13.7. The lowest BCUT2D eigenvalue weighted by Crippen LogP contribution is -2.41. The molecule has 24 heavy (non-hydrogen) atoms. The molecule has 2 N–H and O–H groups in total. The molecule has 0 bridgehead atoms. The Morgan fingerprint density at radius 1 is 1.08 bits per heavy atom. The Kier molecular flexibility index (Phi) is 4.20. The Morgan fingerprint density at radius 3 is 2.46 bits per heavy atom. The predicted octanol–water partition coefficient (Wildman–Crippen LogP) is 2.70. The van der Waals surface area contributed by atoms with Crippen LogP contribution in [0.4, 0.5) is 5.69 Å². The third-order valence-electron chi connectivity index (χ3n) is 4.10. The highest BCUT2D eigenvalue weighted by atomic mass is 16.2. The molecule has 3 amide bonds. The van der Waals surface area contributed by atoms with Crippen LogP contribution in [0.1, 0.15) is 47.4 Å². The van der Waals surface area contributed by atoms with Gasteiger partial charge in [-0.05, 0) is 24.6 Å². The SMILES string of the molecule is CCCCN1C(=O)c2cccc3c(NNC(C)=O)ccc(c23)C1=O. The van der Waals surface area contributed by atoms with Crippen molar-refractivity contribution in [3.8, 4) is 0 Å². The summed E-state index contributed by atoms with van der Waals surface area (Å²) in [6.07, 6.45) is 1.69. The first kappa shape index (κ1) is 16.0. The van der Waals surface area contributed by atoms with Crippen LogP contribution in [0.3, 0.4) is 0 Å². The second-order valence-electron chi connectivity index (χ2n) is 5.81. The molecule has 0 aliphatic carbocycles. The van der Waals surface area contributed by atoms with Crippen molar-refractivity contribution in [1.29, 1.82) is 0 Å². The van der Waals surface area contributed by atoms with E-state index in [1.165, 1.54) is 11.8 Å². The van der Waals surface area contributed by atoms with Crippen LogP contribution in [0.2, 0.25) is 0 Å². The molecule has 0 atom stereocenters. The lowest BCUT2D eigenvalue weighted by atomic mass is 9.93. The van der Waals surface area contributed by atoms with E-state index < -0.39 is 0 Å². The maximum atomic E-state index is 12.7. The number of nitrogens with zero attached hydrogens (tertiary/aromatic N) is 1. The highest BCUT2D eigenvalue weighted by molar-refractivity contribution is 6.26. The summed E-state index contributed by atoms with van der Waals surface area (Å²) < 4.78 is 0. The van der Waals surface area contributed by atoms with Gasteiger partial charge in [0.25, 0.3) is 11.8 Å². The van der Waals surface area contributed by atoms with E-state index in [0.717, 1.165) is 18.2 Å². The van der Waals surface area contributed by atoms with Crippen LogP contribution in [-0.2, 0) is 4.79 Å². The molecule has 0 unspecified atom stereocenters. The Balaban J connectivity index is 2.11. The fraction of sp³-hybridized carbons (Fsp3) is 0.278. The van der Waals surface area contributed by atoms with E-state index in [0.29, 0.717) is 28.7 Å². The fourth-order valence-electron chi connectivity index (χ4n) is 2.93. The van der Waals surface area contributed by atoms with E-state index in [-0.39, 0.29) is 17.7 Å². The molecule has 0 aromatic heterocycles. The molecule has 1 aliphatic rings. The topological polar surface area (TPSA) is 78.5 Å². The monoisotopic (exact) mass is 325 g/mol. The number of hydrogen-bond acceptors (Lipinski definition) is 4. The predicted molar refractivity (Wildman–Crippen MR) is 91.7 cm³/mol. The van der Waals surface area contributed by atoms with Crippen molar-refractivity contribution in [3.63, 3.8) is 0 Å². The van der Waals surface area contributed by atoms with Crippen molar-refractivity contribution >= 4 is 34.2 Å². The van der Waals surface area contributed by atoms with Crippen molar-refractivity contribution in [2.75, 3.05) is 12.0 Å². The van der Waals surface area contributed by atoms with Crippen LogP contribution in [0.15, 0.2) is 30.3 Å². The second kappa shape index (κ2) is 6.31. The molecule has 0 spiro atoms. The number of anilines is 1. The minimum atomic E-state index is -0.261. The quantitative estimate of drug-likeness (QED) is 0.654. The molecule has 1 aliphatic heterocycles. The summed E-state index contributed by atoms with van der Waals surface area (Å²) in [6, 6.07) is 8.79. The van der Waals surface area contributed by atoms with Gasteiger partial charge in [0.05, 0.1) is 5.69 Å². The van der Waals surface area contributed by atoms with Crippen LogP contribution in [0.5, 0.6) is 0 Å². The molecule has 3 rings (SSSR count). The summed E-state index contributed by atoms with van der Waals surface area (Å²) in [4.78, 5) is 37.9.